The SMILES string of the molecule is O=S(=O)(c1ccc(Br)s1)N1CCN(Cc2ccc(Cl)cc2Cl)CC1. The van der Waals surface area contributed by atoms with Crippen LogP contribution >= 0.6 is 50.5 Å². The van der Waals surface area contributed by atoms with E-state index in [9.17, 15) is 8.42 Å². The molecule has 0 bridgehead atoms. The average molecular weight is 470 g/mol. The molecule has 0 radical (unpaired) electrons. The van der Waals surface area contributed by atoms with Gasteiger partial charge in [-0.3, -0.25) is 4.90 Å². The van der Waals surface area contributed by atoms with Gasteiger partial charge in [-0.25, -0.2) is 8.42 Å². The van der Waals surface area contributed by atoms with Crippen molar-refractivity contribution in [1.82, 2.24) is 9.21 Å². The molecule has 0 atom stereocenters. The van der Waals surface area contributed by atoms with Crippen molar-refractivity contribution in [3.8, 4) is 0 Å². The number of hydrogen-bond acceptors (Lipinski definition) is 4. The number of sulfonamides is 1. The largest absolute Gasteiger partial charge is 0.296 e. The fraction of sp³-hybridized carbons (Fsp3) is 0.333. The predicted octanol–water partition coefficient (Wildman–Crippen LogP) is 4.32. The molecule has 1 aromatic heterocycles. The maximum atomic E-state index is 12.6. The molecule has 0 amide bonds. The number of benzene rings is 1. The Morgan fingerprint density at radius 3 is 2.38 bits per heavy atom. The number of hydrogen-bond donors (Lipinski definition) is 0. The smallest absolute Gasteiger partial charge is 0.252 e. The molecular formula is C15H15BrCl2N2O2S2. The molecule has 0 N–H and O–H groups in total. The first-order valence-electron chi connectivity index (χ1n) is 7.28. The van der Waals surface area contributed by atoms with E-state index in [2.05, 4.69) is 20.8 Å². The zero-order chi connectivity index (χ0) is 17.3. The summed E-state index contributed by atoms with van der Waals surface area (Å²) in [7, 11) is -3.40. The van der Waals surface area contributed by atoms with Crippen molar-refractivity contribution in [3.05, 3.63) is 49.7 Å². The zero-order valence-electron chi connectivity index (χ0n) is 12.6. The monoisotopic (exact) mass is 468 g/mol. The highest BCUT2D eigenvalue weighted by Crippen LogP contribution is 2.29. The molecule has 4 nitrogen and oxygen atoms in total. The topological polar surface area (TPSA) is 40.6 Å². The van der Waals surface area contributed by atoms with Crippen LogP contribution in [0.25, 0.3) is 0 Å². The highest BCUT2D eigenvalue weighted by atomic mass is 79.9. The molecule has 1 aromatic carbocycles. The molecule has 0 aliphatic carbocycles. The van der Waals surface area contributed by atoms with Crippen molar-refractivity contribution in [2.24, 2.45) is 0 Å². The van der Waals surface area contributed by atoms with Gasteiger partial charge in [0.05, 0.1) is 3.79 Å². The lowest BCUT2D eigenvalue weighted by Crippen LogP contribution is -2.48. The van der Waals surface area contributed by atoms with Gasteiger partial charge >= 0.3 is 0 Å². The maximum absolute atomic E-state index is 12.6. The fourth-order valence-corrected chi connectivity index (χ4v) is 6.64. The predicted molar refractivity (Wildman–Crippen MR) is 103 cm³/mol. The average Bonchev–Trinajstić information content (AvgIpc) is 2.98. The number of nitrogens with zero attached hydrogens (tertiary/aromatic N) is 2. The third-order valence-electron chi connectivity index (χ3n) is 3.88. The zero-order valence-corrected chi connectivity index (χ0v) is 17.3. The molecular weight excluding hydrogens is 455 g/mol. The maximum Gasteiger partial charge on any atom is 0.252 e. The molecule has 1 aliphatic rings. The van der Waals surface area contributed by atoms with E-state index in [0.717, 1.165) is 9.35 Å². The summed E-state index contributed by atoms with van der Waals surface area (Å²) in [6, 6.07) is 8.86. The van der Waals surface area contributed by atoms with Crippen LogP contribution < -0.4 is 0 Å². The Labute approximate surface area is 164 Å². The van der Waals surface area contributed by atoms with E-state index >= 15 is 0 Å². The molecule has 2 heterocycles. The molecule has 24 heavy (non-hydrogen) atoms. The van der Waals surface area contributed by atoms with Crippen molar-refractivity contribution in [2.45, 2.75) is 10.8 Å². The minimum Gasteiger partial charge on any atom is -0.296 e. The Bertz CT molecular complexity index is 834. The van der Waals surface area contributed by atoms with Crippen LogP contribution in [0.4, 0.5) is 0 Å². The third kappa shape index (κ3) is 4.15. The van der Waals surface area contributed by atoms with Gasteiger partial charge in [-0.2, -0.15) is 4.31 Å². The van der Waals surface area contributed by atoms with Gasteiger partial charge in [-0.05, 0) is 45.8 Å². The number of halogens is 3. The van der Waals surface area contributed by atoms with Gasteiger partial charge in [-0.15, -0.1) is 11.3 Å². The Morgan fingerprint density at radius 2 is 1.79 bits per heavy atom. The molecule has 0 saturated carbocycles. The highest BCUT2D eigenvalue weighted by Gasteiger charge is 2.29. The molecule has 1 aliphatic heterocycles. The second-order valence-electron chi connectivity index (χ2n) is 5.47. The normalized spacial score (nSPS) is 17.3. The second-order valence-corrected chi connectivity index (χ2v) is 10.9. The summed E-state index contributed by atoms with van der Waals surface area (Å²) in [6.45, 7) is 2.98. The van der Waals surface area contributed by atoms with Crippen molar-refractivity contribution in [1.29, 1.82) is 0 Å². The van der Waals surface area contributed by atoms with Crippen molar-refractivity contribution in [2.75, 3.05) is 26.2 Å². The Balaban J connectivity index is 1.63. The van der Waals surface area contributed by atoms with E-state index in [1.165, 1.54) is 11.3 Å². The van der Waals surface area contributed by atoms with Crippen LogP contribution in [-0.2, 0) is 16.6 Å². The van der Waals surface area contributed by atoms with E-state index in [1.807, 2.05) is 12.1 Å². The van der Waals surface area contributed by atoms with Crippen molar-refractivity contribution >= 4 is 60.5 Å². The van der Waals surface area contributed by atoms with E-state index < -0.39 is 10.0 Å². The lowest BCUT2D eigenvalue weighted by atomic mass is 10.2. The molecule has 3 rings (SSSR count). The first-order chi connectivity index (χ1) is 11.4. The van der Waals surface area contributed by atoms with Gasteiger partial charge in [0.15, 0.2) is 0 Å². The first-order valence-corrected chi connectivity index (χ1v) is 11.1. The van der Waals surface area contributed by atoms with E-state index in [1.54, 1.807) is 22.5 Å². The Morgan fingerprint density at radius 1 is 1.08 bits per heavy atom. The van der Waals surface area contributed by atoms with Gasteiger partial charge in [0, 0.05) is 42.8 Å². The van der Waals surface area contributed by atoms with Crippen molar-refractivity contribution in [3.63, 3.8) is 0 Å². The van der Waals surface area contributed by atoms with Gasteiger partial charge in [0.25, 0.3) is 10.0 Å². The van der Waals surface area contributed by atoms with Crippen LogP contribution in [0, 0.1) is 0 Å². The third-order valence-corrected chi connectivity index (χ3v) is 8.46. The van der Waals surface area contributed by atoms with Gasteiger partial charge in [0.2, 0.25) is 0 Å². The molecule has 0 unspecified atom stereocenters. The molecule has 0 spiro atoms. The van der Waals surface area contributed by atoms with Crippen molar-refractivity contribution < 1.29 is 8.42 Å². The first kappa shape index (κ1) is 18.6. The fourth-order valence-electron chi connectivity index (χ4n) is 2.58. The number of thiophene rings is 1. The summed E-state index contributed by atoms with van der Waals surface area (Å²) in [6.07, 6.45) is 0. The lowest BCUT2D eigenvalue weighted by Gasteiger charge is -2.33. The minimum absolute atomic E-state index is 0.378. The number of rotatable bonds is 4. The lowest BCUT2D eigenvalue weighted by molar-refractivity contribution is 0.182. The quantitative estimate of drug-likeness (QED) is 0.669. The second kappa shape index (κ2) is 7.61. The molecule has 2 aromatic rings. The summed E-state index contributed by atoms with van der Waals surface area (Å²) in [5, 5.41) is 1.25. The van der Waals surface area contributed by atoms with Crippen LogP contribution in [0.3, 0.4) is 0 Å². The van der Waals surface area contributed by atoms with Crippen LogP contribution in [0.1, 0.15) is 5.56 Å². The van der Waals surface area contributed by atoms with Crippen LogP contribution in [0.2, 0.25) is 10.0 Å². The van der Waals surface area contributed by atoms with E-state index in [-0.39, 0.29) is 0 Å². The Hall–Kier alpha value is -0.150. The van der Waals surface area contributed by atoms with Gasteiger partial charge < -0.3 is 0 Å². The Kier molecular flexibility index (Phi) is 5.91. The highest BCUT2D eigenvalue weighted by molar-refractivity contribution is 9.11. The minimum atomic E-state index is -3.40. The van der Waals surface area contributed by atoms with Gasteiger partial charge in [-0.1, -0.05) is 29.3 Å². The summed E-state index contributed by atoms with van der Waals surface area (Å²) >= 11 is 16.7. The molecule has 1 saturated heterocycles. The summed E-state index contributed by atoms with van der Waals surface area (Å²) in [4.78, 5) is 2.20. The molecule has 9 heteroatoms. The number of piperazine rings is 1. The van der Waals surface area contributed by atoms with Crippen LogP contribution in [0.15, 0.2) is 38.3 Å². The van der Waals surface area contributed by atoms with E-state index in [4.69, 9.17) is 23.2 Å². The summed E-state index contributed by atoms with van der Waals surface area (Å²) in [5.74, 6) is 0. The van der Waals surface area contributed by atoms with Gasteiger partial charge in [0.1, 0.15) is 4.21 Å². The molecule has 1 fully saturated rings. The summed E-state index contributed by atoms with van der Waals surface area (Å²) < 4.78 is 28.0. The summed E-state index contributed by atoms with van der Waals surface area (Å²) in [5.41, 5.74) is 1.000. The van der Waals surface area contributed by atoms with E-state index in [0.29, 0.717) is 47.0 Å². The van der Waals surface area contributed by atoms with Crippen LogP contribution in [-0.4, -0.2) is 43.8 Å². The van der Waals surface area contributed by atoms with Crippen LogP contribution in [0.5, 0.6) is 0 Å². The standard InChI is InChI=1S/C15H15BrCl2N2O2S2/c16-14-3-4-15(23-14)24(21,22)20-7-5-19(6-8-20)10-11-1-2-12(17)9-13(11)18/h1-4,9H,5-8,10H2. The molecule has 130 valence electrons.